The number of amides is 1. The van der Waals surface area contributed by atoms with Gasteiger partial charge in [0, 0.05) is 18.8 Å². The highest BCUT2D eigenvalue weighted by atomic mass is 16.2. The third kappa shape index (κ3) is 3.57. The average Bonchev–Trinajstić information content (AvgIpc) is 2.69. The second-order valence-electron chi connectivity index (χ2n) is 5.67. The molecule has 0 radical (unpaired) electrons. The van der Waals surface area contributed by atoms with Gasteiger partial charge >= 0.3 is 0 Å². The van der Waals surface area contributed by atoms with Gasteiger partial charge in [-0.25, -0.2) is 0 Å². The third-order valence-corrected chi connectivity index (χ3v) is 4.10. The number of carbonyl (C=O) groups excluding carboxylic acids is 1. The van der Waals surface area contributed by atoms with Gasteiger partial charge in [-0.2, -0.15) is 5.26 Å². The molecule has 1 aliphatic rings. The van der Waals surface area contributed by atoms with Crippen LogP contribution in [0.15, 0.2) is 6.07 Å². The number of likely N-dealkylation sites (tertiary alicyclic amines) is 1. The van der Waals surface area contributed by atoms with Crippen molar-refractivity contribution in [1.82, 2.24) is 9.47 Å². The van der Waals surface area contributed by atoms with E-state index in [1.54, 1.807) is 10.6 Å². The maximum Gasteiger partial charge on any atom is 0.242 e. The highest BCUT2D eigenvalue weighted by molar-refractivity contribution is 5.76. The van der Waals surface area contributed by atoms with Crippen molar-refractivity contribution in [3.05, 3.63) is 17.5 Å². The maximum absolute atomic E-state index is 12.5. The number of hydrogen-bond acceptors (Lipinski definition) is 3. The third-order valence-electron chi connectivity index (χ3n) is 4.10. The van der Waals surface area contributed by atoms with E-state index in [2.05, 4.69) is 13.0 Å². The van der Waals surface area contributed by atoms with E-state index in [0.717, 1.165) is 44.5 Å². The molecule has 1 aromatic heterocycles. The van der Waals surface area contributed by atoms with Crippen molar-refractivity contribution in [3.8, 4) is 6.07 Å². The van der Waals surface area contributed by atoms with Crippen LogP contribution in [-0.2, 0) is 17.8 Å². The van der Waals surface area contributed by atoms with Gasteiger partial charge in [0.05, 0.1) is 5.69 Å². The van der Waals surface area contributed by atoms with E-state index in [1.807, 2.05) is 4.90 Å². The zero-order chi connectivity index (χ0) is 15.2. The Kier molecular flexibility index (Phi) is 5.26. The number of nitrogen functional groups attached to an aromatic ring is 1. The number of nitriles is 1. The number of nitrogens with two attached hydrogens (primary N) is 1. The first kappa shape index (κ1) is 15.4. The molecule has 0 atom stereocenters. The van der Waals surface area contributed by atoms with E-state index in [1.165, 1.54) is 12.8 Å². The van der Waals surface area contributed by atoms with Gasteiger partial charge < -0.3 is 15.2 Å². The van der Waals surface area contributed by atoms with Gasteiger partial charge in [-0.15, -0.1) is 0 Å². The zero-order valence-corrected chi connectivity index (χ0v) is 12.8. The van der Waals surface area contributed by atoms with Crippen LogP contribution >= 0.6 is 0 Å². The normalized spacial score (nSPS) is 15.5. The van der Waals surface area contributed by atoms with Gasteiger partial charge in [0.1, 0.15) is 18.3 Å². The maximum atomic E-state index is 12.5. The standard InChI is InChI=1S/C16H24N4O/c1-2-7-15-14(18)10-13(11-17)20(15)12-16(21)19-8-5-3-4-6-9-19/h10H,2-9,12,18H2,1H3. The highest BCUT2D eigenvalue weighted by Crippen LogP contribution is 2.20. The van der Waals surface area contributed by atoms with Crippen molar-refractivity contribution in [2.24, 2.45) is 0 Å². The van der Waals surface area contributed by atoms with Crippen molar-refractivity contribution in [1.29, 1.82) is 5.26 Å². The molecule has 2 rings (SSSR count). The van der Waals surface area contributed by atoms with Crippen molar-refractivity contribution >= 4 is 11.6 Å². The average molecular weight is 288 g/mol. The van der Waals surface area contributed by atoms with Crippen LogP contribution in [0.2, 0.25) is 0 Å². The lowest BCUT2D eigenvalue weighted by Crippen LogP contribution is -2.35. The Morgan fingerprint density at radius 1 is 1.33 bits per heavy atom. The van der Waals surface area contributed by atoms with Gasteiger partial charge in [0.15, 0.2) is 0 Å². The molecule has 1 aromatic rings. The number of hydrogen-bond donors (Lipinski definition) is 1. The number of rotatable bonds is 4. The summed E-state index contributed by atoms with van der Waals surface area (Å²) in [6.07, 6.45) is 6.28. The van der Waals surface area contributed by atoms with Crippen LogP contribution < -0.4 is 5.73 Å². The highest BCUT2D eigenvalue weighted by Gasteiger charge is 2.20. The Labute approximate surface area is 126 Å². The van der Waals surface area contributed by atoms with Crippen LogP contribution in [-0.4, -0.2) is 28.5 Å². The molecule has 5 nitrogen and oxygen atoms in total. The summed E-state index contributed by atoms with van der Waals surface area (Å²) < 4.78 is 1.80. The molecule has 114 valence electrons. The number of carbonyl (C=O) groups is 1. The fraction of sp³-hybridized carbons (Fsp3) is 0.625. The second kappa shape index (κ2) is 7.16. The van der Waals surface area contributed by atoms with Crippen LogP contribution in [0.25, 0.3) is 0 Å². The Hall–Kier alpha value is -1.96. The predicted molar refractivity (Wildman–Crippen MR) is 82.6 cm³/mol. The molecule has 2 heterocycles. The molecular weight excluding hydrogens is 264 g/mol. The molecule has 0 saturated carbocycles. The first-order chi connectivity index (χ1) is 10.2. The minimum atomic E-state index is 0.0985. The summed E-state index contributed by atoms with van der Waals surface area (Å²) in [5.74, 6) is 0.0985. The fourth-order valence-corrected chi connectivity index (χ4v) is 2.95. The van der Waals surface area contributed by atoms with E-state index in [9.17, 15) is 10.1 Å². The van der Waals surface area contributed by atoms with E-state index in [4.69, 9.17) is 5.73 Å². The lowest BCUT2D eigenvalue weighted by Gasteiger charge is -2.21. The molecule has 0 bridgehead atoms. The van der Waals surface area contributed by atoms with Gasteiger partial charge in [0.25, 0.3) is 0 Å². The minimum absolute atomic E-state index is 0.0985. The summed E-state index contributed by atoms with van der Waals surface area (Å²) in [6.45, 7) is 3.97. The largest absolute Gasteiger partial charge is 0.397 e. The molecule has 0 aromatic carbocycles. The van der Waals surface area contributed by atoms with Gasteiger partial charge in [-0.05, 0) is 25.3 Å². The second-order valence-corrected chi connectivity index (χ2v) is 5.67. The zero-order valence-electron chi connectivity index (χ0n) is 12.8. The first-order valence-electron chi connectivity index (χ1n) is 7.83. The number of aromatic nitrogens is 1. The van der Waals surface area contributed by atoms with Crippen LogP contribution in [0.1, 0.15) is 50.4 Å². The SMILES string of the molecule is CCCc1c(N)cc(C#N)n1CC(=O)N1CCCCCC1. The molecule has 1 saturated heterocycles. The van der Waals surface area contributed by atoms with Gasteiger partial charge in [0.2, 0.25) is 5.91 Å². The molecular formula is C16H24N4O. The van der Waals surface area contributed by atoms with Crippen molar-refractivity contribution in [2.45, 2.75) is 52.0 Å². The lowest BCUT2D eigenvalue weighted by atomic mass is 10.2. The van der Waals surface area contributed by atoms with Crippen molar-refractivity contribution < 1.29 is 4.79 Å². The number of nitrogens with zero attached hydrogens (tertiary/aromatic N) is 3. The molecule has 1 fully saturated rings. The van der Waals surface area contributed by atoms with Gasteiger partial charge in [-0.3, -0.25) is 4.79 Å². The molecule has 5 heteroatoms. The summed E-state index contributed by atoms with van der Waals surface area (Å²) in [4.78, 5) is 14.4. The molecule has 21 heavy (non-hydrogen) atoms. The van der Waals surface area contributed by atoms with E-state index in [0.29, 0.717) is 11.4 Å². The van der Waals surface area contributed by atoms with Crippen LogP contribution in [0, 0.1) is 11.3 Å². The smallest absolute Gasteiger partial charge is 0.242 e. The van der Waals surface area contributed by atoms with E-state index in [-0.39, 0.29) is 12.5 Å². The topological polar surface area (TPSA) is 75.0 Å². The first-order valence-corrected chi connectivity index (χ1v) is 7.83. The Morgan fingerprint density at radius 2 is 2.00 bits per heavy atom. The summed E-state index contributed by atoms with van der Waals surface area (Å²) in [5.41, 5.74) is 8.01. The Morgan fingerprint density at radius 3 is 2.57 bits per heavy atom. The quantitative estimate of drug-likeness (QED) is 0.923. The van der Waals surface area contributed by atoms with Crippen LogP contribution in [0.3, 0.4) is 0 Å². The Bertz CT molecular complexity index is 533. The van der Waals surface area contributed by atoms with Crippen molar-refractivity contribution in [2.75, 3.05) is 18.8 Å². The monoisotopic (exact) mass is 288 g/mol. The molecule has 2 N–H and O–H groups in total. The summed E-state index contributed by atoms with van der Waals surface area (Å²) in [7, 11) is 0. The predicted octanol–water partition coefficient (Wildman–Crippen LogP) is 2.30. The summed E-state index contributed by atoms with van der Waals surface area (Å²) >= 11 is 0. The summed E-state index contributed by atoms with van der Waals surface area (Å²) in [5, 5.41) is 9.24. The molecule has 1 aliphatic heterocycles. The molecule has 1 amide bonds. The van der Waals surface area contributed by atoms with Crippen molar-refractivity contribution in [3.63, 3.8) is 0 Å². The summed E-state index contributed by atoms with van der Waals surface area (Å²) in [6, 6.07) is 3.83. The molecule has 0 aliphatic carbocycles. The van der Waals surface area contributed by atoms with E-state index >= 15 is 0 Å². The van der Waals surface area contributed by atoms with Gasteiger partial charge in [-0.1, -0.05) is 26.2 Å². The van der Waals surface area contributed by atoms with Crippen LogP contribution in [0.4, 0.5) is 5.69 Å². The Balaban J connectivity index is 2.17. The fourth-order valence-electron chi connectivity index (χ4n) is 2.95. The minimum Gasteiger partial charge on any atom is -0.397 e. The van der Waals surface area contributed by atoms with E-state index < -0.39 is 0 Å². The van der Waals surface area contributed by atoms with Crippen LogP contribution in [0.5, 0.6) is 0 Å². The molecule has 0 unspecified atom stereocenters. The lowest BCUT2D eigenvalue weighted by molar-refractivity contribution is -0.131. The molecule has 0 spiro atoms. The number of anilines is 1.